The van der Waals surface area contributed by atoms with Crippen molar-refractivity contribution in [3.63, 3.8) is 0 Å². The number of nitro groups is 1. The van der Waals surface area contributed by atoms with Gasteiger partial charge in [0.1, 0.15) is 18.2 Å². The number of halogens is 2. The number of esters is 1. The molecule has 0 fully saturated rings. The molecular formula is C23H17ClFNO6. The zero-order chi connectivity index (χ0) is 23.1. The van der Waals surface area contributed by atoms with Crippen LogP contribution in [0.4, 0.5) is 10.1 Å². The number of carbonyl (C=O) groups is 1. The van der Waals surface area contributed by atoms with Crippen LogP contribution in [0.3, 0.4) is 0 Å². The normalized spacial score (nSPS) is 10.7. The fourth-order valence-electron chi connectivity index (χ4n) is 2.68. The third kappa shape index (κ3) is 5.83. The van der Waals surface area contributed by atoms with Crippen LogP contribution in [0.15, 0.2) is 66.7 Å². The van der Waals surface area contributed by atoms with Crippen LogP contribution in [0.2, 0.25) is 5.02 Å². The zero-order valence-corrected chi connectivity index (χ0v) is 17.5. The summed E-state index contributed by atoms with van der Waals surface area (Å²) in [7, 11) is 1.45. The Morgan fingerprint density at radius 2 is 1.88 bits per heavy atom. The lowest BCUT2D eigenvalue weighted by Gasteiger charge is -2.12. The summed E-state index contributed by atoms with van der Waals surface area (Å²) in [5, 5.41) is 10.9. The Morgan fingerprint density at radius 1 is 1.12 bits per heavy atom. The molecular weight excluding hydrogens is 441 g/mol. The van der Waals surface area contributed by atoms with Crippen molar-refractivity contribution in [2.75, 3.05) is 7.11 Å². The van der Waals surface area contributed by atoms with Crippen LogP contribution in [-0.2, 0) is 11.4 Å². The van der Waals surface area contributed by atoms with Gasteiger partial charge in [-0.25, -0.2) is 9.18 Å². The number of hydrogen-bond donors (Lipinski definition) is 0. The predicted octanol–water partition coefficient (Wildman–Crippen LogP) is 5.59. The van der Waals surface area contributed by atoms with Crippen molar-refractivity contribution < 1.29 is 28.3 Å². The number of rotatable bonds is 8. The molecule has 0 aromatic heterocycles. The highest BCUT2D eigenvalue weighted by molar-refractivity contribution is 6.31. The van der Waals surface area contributed by atoms with E-state index in [9.17, 15) is 19.3 Å². The van der Waals surface area contributed by atoms with Gasteiger partial charge in [0.25, 0.3) is 5.69 Å². The topological polar surface area (TPSA) is 87.9 Å². The van der Waals surface area contributed by atoms with Crippen LogP contribution in [0.1, 0.15) is 11.1 Å². The second-order valence-corrected chi connectivity index (χ2v) is 6.81. The van der Waals surface area contributed by atoms with E-state index in [4.69, 9.17) is 25.8 Å². The maximum Gasteiger partial charge on any atom is 0.336 e. The second kappa shape index (κ2) is 10.4. The molecule has 32 heavy (non-hydrogen) atoms. The number of hydrogen-bond acceptors (Lipinski definition) is 6. The molecule has 0 atom stereocenters. The van der Waals surface area contributed by atoms with Gasteiger partial charge >= 0.3 is 5.97 Å². The first-order valence-electron chi connectivity index (χ1n) is 9.25. The van der Waals surface area contributed by atoms with Crippen molar-refractivity contribution in [1.29, 1.82) is 0 Å². The molecule has 164 valence electrons. The van der Waals surface area contributed by atoms with Gasteiger partial charge in [0.2, 0.25) is 0 Å². The summed E-state index contributed by atoms with van der Waals surface area (Å²) in [5.41, 5.74) is 0.750. The van der Waals surface area contributed by atoms with Gasteiger partial charge in [0, 0.05) is 23.8 Å². The average Bonchev–Trinajstić information content (AvgIpc) is 2.78. The summed E-state index contributed by atoms with van der Waals surface area (Å²) in [6.45, 7) is -0.0847. The standard InChI is InChI=1S/C23H17ClFNO6/c1-30-22-13-15(5-11-21(22)31-14-18-19(24)3-2-4-20(18)25)6-12-23(27)32-17-9-7-16(8-10-17)26(28)29/h2-13H,14H2,1H3/b12-6+. The van der Waals surface area contributed by atoms with E-state index >= 15 is 0 Å². The minimum absolute atomic E-state index is 0.0847. The summed E-state index contributed by atoms with van der Waals surface area (Å²) >= 11 is 6.01. The molecule has 0 saturated heterocycles. The van der Waals surface area contributed by atoms with E-state index in [1.165, 1.54) is 55.7 Å². The van der Waals surface area contributed by atoms with Gasteiger partial charge in [0.05, 0.1) is 17.1 Å². The molecule has 3 rings (SSSR count). The number of nitro benzene ring substituents is 1. The minimum Gasteiger partial charge on any atom is -0.493 e. The molecule has 0 spiro atoms. The average molecular weight is 458 g/mol. The van der Waals surface area contributed by atoms with Crippen molar-refractivity contribution in [1.82, 2.24) is 0 Å². The van der Waals surface area contributed by atoms with Gasteiger partial charge in [0.15, 0.2) is 11.5 Å². The van der Waals surface area contributed by atoms with Crippen molar-refractivity contribution >= 4 is 29.3 Å². The van der Waals surface area contributed by atoms with Crippen LogP contribution in [0, 0.1) is 15.9 Å². The number of methoxy groups -OCH3 is 1. The summed E-state index contributed by atoms with van der Waals surface area (Å²) in [5.74, 6) is -0.200. The molecule has 0 N–H and O–H groups in total. The monoisotopic (exact) mass is 457 g/mol. The summed E-state index contributed by atoms with van der Waals surface area (Å²) in [4.78, 5) is 22.1. The van der Waals surface area contributed by atoms with Gasteiger partial charge in [-0.05, 0) is 48.0 Å². The Bertz CT molecular complexity index is 1140. The number of ether oxygens (including phenoxy) is 3. The van der Waals surface area contributed by atoms with E-state index in [-0.39, 0.29) is 28.6 Å². The Labute approximate surface area is 187 Å². The Morgan fingerprint density at radius 3 is 2.53 bits per heavy atom. The van der Waals surface area contributed by atoms with E-state index < -0.39 is 16.7 Å². The molecule has 7 nitrogen and oxygen atoms in total. The van der Waals surface area contributed by atoms with Crippen LogP contribution >= 0.6 is 11.6 Å². The molecule has 0 unspecified atom stereocenters. The summed E-state index contributed by atoms with van der Waals surface area (Å²) < 4.78 is 30.0. The quantitative estimate of drug-likeness (QED) is 0.144. The lowest BCUT2D eigenvalue weighted by atomic mass is 10.2. The lowest BCUT2D eigenvalue weighted by molar-refractivity contribution is -0.384. The summed E-state index contributed by atoms with van der Waals surface area (Å²) in [6, 6.07) is 14.5. The molecule has 0 amide bonds. The van der Waals surface area contributed by atoms with E-state index in [0.29, 0.717) is 17.1 Å². The Kier molecular flexibility index (Phi) is 7.41. The second-order valence-electron chi connectivity index (χ2n) is 6.40. The predicted molar refractivity (Wildman–Crippen MR) is 117 cm³/mol. The molecule has 0 heterocycles. The third-order valence-electron chi connectivity index (χ3n) is 4.30. The van der Waals surface area contributed by atoms with Crippen molar-refractivity contribution in [2.24, 2.45) is 0 Å². The van der Waals surface area contributed by atoms with Gasteiger partial charge < -0.3 is 14.2 Å². The van der Waals surface area contributed by atoms with E-state index in [0.717, 1.165) is 0 Å². The van der Waals surface area contributed by atoms with E-state index in [2.05, 4.69) is 0 Å². The van der Waals surface area contributed by atoms with Crippen molar-refractivity contribution in [3.8, 4) is 17.2 Å². The van der Waals surface area contributed by atoms with Crippen LogP contribution in [0.5, 0.6) is 17.2 Å². The molecule has 0 aliphatic rings. The van der Waals surface area contributed by atoms with Crippen LogP contribution in [0.25, 0.3) is 6.08 Å². The van der Waals surface area contributed by atoms with Gasteiger partial charge in [-0.15, -0.1) is 0 Å². The van der Waals surface area contributed by atoms with Gasteiger partial charge in [-0.2, -0.15) is 0 Å². The van der Waals surface area contributed by atoms with Gasteiger partial charge in [-0.3, -0.25) is 10.1 Å². The largest absolute Gasteiger partial charge is 0.493 e. The maximum absolute atomic E-state index is 13.9. The Hall–Kier alpha value is -3.91. The number of carbonyl (C=O) groups excluding carboxylic acids is 1. The van der Waals surface area contributed by atoms with Crippen LogP contribution in [-0.4, -0.2) is 18.0 Å². The van der Waals surface area contributed by atoms with Crippen LogP contribution < -0.4 is 14.2 Å². The van der Waals surface area contributed by atoms with E-state index in [1.54, 1.807) is 24.3 Å². The van der Waals surface area contributed by atoms with Crippen molar-refractivity contribution in [2.45, 2.75) is 6.61 Å². The SMILES string of the molecule is COc1cc(/C=C/C(=O)Oc2ccc([N+](=O)[O-])cc2)ccc1OCc1c(F)cccc1Cl. The smallest absolute Gasteiger partial charge is 0.336 e. The lowest BCUT2D eigenvalue weighted by Crippen LogP contribution is -2.03. The number of nitrogens with zero attached hydrogens (tertiary/aromatic N) is 1. The first-order valence-corrected chi connectivity index (χ1v) is 9.63. The molecule has 0 radical (unpaired) electrons. The highest BCUT2D eigenvalue weighted by atomic mass is 35.5. The number of non-ortho nitro benzene ring substituents is 1. The summed E-state index contributed by atoms with van der Waals surface area (Å²) in [6.07, 6.45) is 2.71. The molecule has 0 saturated carbocycles. The van der Waals surface area contributed by atoms with Gasteiger partial charge in [-0.1, -0.05) is 23.7 Å². The highest BCUT2D eigenvalue weighted by Crippen LogP contribution is 2.30. The Balaban J connectivity index is 1.65. The minimum atomic E-state index is -0.660. The number of benzene rings is 3. The molecule has 3 aromatic carbocycles. The molecule has 0 aliphatic heterocycles. The molecule has 9 heteroatoms. The third-order valence-corrected chi connectivity index (χ3v) is 4.65. The highest BCUT2D eigenvalue weighted by Gasteiger charge is 2.11. The first kappa shape index (κ1) is 22.8. The van der Waals surface area contributed by atoms with Crippen molar-refractivity contribution in [3.05, 3.63) is 98.8 Å². The maximum atomic E-state index is 13.9. The first-order chi connectivity index (χ1) is 15.4. The fraction of sp³-hybridized carbons (Fsp3) is 0.0870. The van der Waals surface area contributed by atoms with E-state index in [1.807, 2.05) is 0 Å². The molecule has 0 aliphatic carbocycles. The molecule has 0 bridgehead atoms. The molecule has 3 aromatic rings. The zero-order valence-electron chi connectivity index (χ0n) is 16.8. The fourth-order valence-corrected chi connectivity index (χ4v) is 2.90.